The number of alkyl halides is 3. The monoisotopic (exact) mass is 402 g/mol. The quantitative estimate of drug-likeness (QED) is 0.660. The Bertz CT molecular complexity index is 1030. The smallest absolute Gasteiger partial charge is 0.416 e. The fourth-order valence-corrected chi connectivity index (χ4v) is 2.93. The molecule has 0 bridgehead atoms. The van der Waals surface area contributed by atoms with Crippen molar-refractivity contribution in [3.8, 4) is 0 Å². The summed E-state index contributed by atoms with van der Waals surface area (Å²) >= 11 is 0. The number of carbonyl (C=O) groups is 2. The lowest BCUT2D eigenvalue weighted by molar-refractivity contribution is -0.143. The molecule has 0 aliphatic heterocycles. The minimum atomic E-state index is -4.45. The predicted molar refractivity (Wildman–Crippen MR) is 100 cm³/mol. The first-order valence-corrected chi connectivity index (χ1v) is 8.68. The van der Waals surface area contributed by atoms with Crippen molar-refractivity contribution in [3.63, 3.8) is 0 Å². The Kier molecular flexibility index (Phi) is 5.81. The van der Waals surface area contributed by atoms with Crippen LogP contribution in [0.2, 0.25) is 0 Å². The molecule has 1 aromatic heterocycles. The number of aromatic nitrogens is 1. The van der Waals surface area contributed by atoms with E-state index in [1.807, 2.05) is 0 Å². The Labute approximate surface area is 164 Å². The second kappa shape index (κ2) is 8.30. The van der Waals surface area contributed by atoms with Crippen LogP contribution in [0.15, 0.2) is 60.8 Å². The van der Waals surface area contributed by atoms with Gasteiger partial charge in [-0.3, -0.25) is 9.78 Å². The summed E-state index contributed by atoms with van der Waals surface area (Å²) in [5.41, 5.74) is 0.617. The standard InChI is InChI=1S/C21H17F3N2O3/c1-29-20(28)18(12-13-6-8-14(9-7-13)21(22,23)24)26-19(27)16-10-11-25-17-5-3-2-4-15(16)17/h2-11,18H,12H2,1H3,(H,26,27)/t18-/m0/s1. The molecule has 8 heteroatoms. The van der Waals surface area contributed by atoms with Crippen LogP contribution in [0.25, 0.3) is 10.9 Å². The second-order valence-corrected chi connectivity index (χ2v) is 6.32. The molecule has 0 saturated heterocycles. The van der Waals surface area contributed by atoms with Gasteiger partial charge in [-0.05, 0) is 29.8 Å². The Balaban J connectivity index is 1.82. The lowest BCUT2D eigenvalue weighted by Gasteiger charge is -2.17. The van der Waals surface area contributed by atoms with Crippen LogP contribution in [0.1, 0.15) is 21.5 Å². The summed E-state index contributed by atoms with van der Waals surface area (Å²) in [6, 6.07) is 11.9. The molecule has 0 unspecified atom stereocenters. The predicted octanol–water partition coefficient (Wildman–Crippen LogP) is 3.77. The number of esters is 1. The lowest BCUT2D eigenvalue weighted by atomic mass is 10.0. The highest BCUT2D eigenvalue weighted by atomic mass is 19.4. The third-order valence-corrected chi connectivity index (χ3v) is 4.41. The van der Waals surface area contributed by atoms with Gasteiger partial charge in [0.05, 0.1) is 23.8 Å². The van der Waals surface area contributed by atoms with Crippen molar-refractivity contribution in [2.24, 2.45) is 0 Å². The van der Waals surface area contributed by atoms with Crippen LogP contribution in [0.4, 0.5) is 13.2 Å². The number of rotatable bonds is 5. The van der Waals surface area contributed by atoms with Crippen LogP contribution in [-0.2, 0) is 22.1 Å². The van der Waals surface area contributed by atoms with Crippen molar-refractivity contribution in [1.29, 1.82) is 0 Å². The van der Waals surface area contributed by atoms with E-state index in [0.29, 0.717) is 22.0 Å². The van der Waals surface area contributed by atoms with E-state index in [0.717, 1.165) is 12.1 Å². The van der Waals surface area contributed by atoms with Crippen molar-refractivity contribution in [1.82, 2.24) is 10.3 Å². The molecule has 5 nitrogen and oxygen atoms in total. The maximum Gasteiger partial charge on any atom is 0.416 e. The van der Waals surface area contributed by atoms with Crippen LogP contribution >= 0.6 is 0 Å². The topological polar surface area (TPSA) is 68.3 Å². The summed E-state index contributed by atoms with van der Waals surface area (Å²) in [5, 5.41) is 3.22. The number of nitrogens with one attached hydrogen (secondary N) is 1. The molecule has 150 valence electrons. The fraction of sp³-hybridized carbons (Fsp3) is 0.190. The first-order chi connectivity index (χ1) is 13.8. The fourth-order valence-electron chi connectivity index (χ4n) is 2.93. The van der Waals surface area contributed by atoms with Gasteiger partial charge in [0.25, 0.3) is 5.91 Å². The SMILES string of the molecule is COC(=O)[C@H](Cc1ccc(C(F)(F)F)cc1)NC(=O)c1ccnc2ccccc12. The number of ether oxygens (including phenoxy) is 1. The Hall–Kier alpha value is -3.42. The molecule has 0 spiro atoms. The zero-order chi connectivity index (χ0) is 21.0. The number of pyridine rings is 1. The normalized spacial score (nSPS) is 12.4. The van der Waals surface area contributed by atoms with Crippen molar-refractivity contribution in [3.05, 3.63) is 77.5 Å². The first-order valence-electron chi connectivity index (χ1n) is 8.68. The minimum Gasteiger partial charge on any atom is -0.467 e. The molecule has 1 heterocycles. The average molecular weight is 402 g/mol. The molecular weight excluding hydrogens is 385 g/mol. The van der Waals surface area contributed by atoms with E-state index in [1.54, 1.807) is 24.3 Å². The number of hydrogen-bond donors (Lipinski definition) is 1. The molecule has 0 saturated carbocycles. The van der Waals surface area contributed by atoms with Crippen LogP contribution in [0.5, 0.6) is 0 Å². The maximum absolute atomic E-state index is 12.8. The number of fused-ring (bicyclic) bond motifs is 1. The van der Waals surface area contributed by atoms with Crippen molar-refractivity contribution in [2.75, 3.05) is 7.11 Å². The van der Waals surface area contributed by atoms with Crippen molar-refractivity contribution < 1.29 is 27.5 Å². The molecule has 29 heavy (non-hydrogen) atoms. The zero-order valence-corrected chi connectivity index (χ0v) is 15.4. The van der Waals surface area contributed by atoms with E-state index >= 15 is 0 Å². The largest absolute Gasteiger partial charge is 0.467 e. The molecule has 3 aromatic rings. The van der Waals surface area contributed by atoms with E-state index in [1.165, 1.54) is 31.5 Å². The van der Waals surface area contributed by atoms with Gasteiger partial charge in [-0.25, -0.2) is 4.79 Å². The van der Waals surface area contributed by atoms with Crippen LogP contribution in [0.3, 0.4) is 0 Å². The highest BCUT2D eigenvalue weighted by molar-refractivity contribution is 6.07. The lowest BCUT2D eigenvalue weighted by Crippen LogP contribution is -2.43. The zero-order valence-electron chi connectivity index (χ0n) is 15.4. The van der Waals surface area contributed by atoms with E-state index in [4.69, 9.17) is 4.74 Å². The highest BCUT2D eigenvalue weighted by Gasteiger charge is 2.30. The molecular formula is C21H17F3N2O3. The Morgan fingerprint density at radius 2 is 1.76 bits per heavy atom. The summed E-state index contributed by atoms with van der Waals surface area (Å²) in [6.07, 6.45) is -2.98. The highest BCUT2D eigenvalue weighted by Crippen LogP contribution is 2.29. The third kappa shape index (κ3) is 4.71. The van der Waals surface area contributed by atoms with Crippen LogP contribution in [0, 0.1) is 0 Å². The van der Waals surface area contributed by atoms with Gasteiger partial charge in [-0.2, -0.15) is 13.2 Å². The maximum atomic E-state index is 12.8. The van der Waals surface area contributed by atoms with E-state index in [-0.39, 0.29) is 6.42 Å². The molecule has 3 rings (SSSR count). The summed E-state index contributed by atoms with van der Waals surface area (Å²) in [6.45, 7) is 0. The van der Waals surface area contributed by atoms with Crippen molar-refractivity contribution >= 4 is 22.8 Å². The number of para-hydroxylation sites is 1. The summed E-state index contributed by atoms with van der Waals surface area (Å²) < 4.78 is 42.9. The van der Waals surface area contributed by atoms with Gasteiger partial charge in [0, 0.05) is 18.0 Å². The van der Waals surface area contributed by atoms with E-state index < -0.39 is 29.7 Å². The number of nitrogens with zero attached hydrogens (tertiary/aromatic N) is 1. The molecule has 0 aliphatic carbocycles. The van der Waals surface area contributed by atoms with Gasteiger partial charge in [-0.15, -0.1) is 0 Å². The minimum absolute atomic E-state index is 0.0143. The number of halogens is 3. The summed E-state index contributed by atoms with van der Waals surface area (Å²) in [5.74, 6) is -1.21. The molecule has 0 radical (unpaired) electrons. The molecule has 2 aromatic carbocycles. The molecule has 0 aliphatic rings. The molecule has 1 N–H and O–H groups in total. The average Bonchev–Trinajstić information content (AvgIpc) is 2.72. The number of amides is 1. The Morgan fingerprint density at radius 1 is 1.07 bits per heavy atom. The van der Waals surface area contributed by atoms with Crippen LogP contribution < -0.4 is 5.32 Å². The third-order valence-electron chi connectivity index (χ3n) is 4.41. The summed E-state index contributed by atoms with van der Waals surface area (Å²) in [4.78, 5) is 29.1. The van der Waals surface area contributed by atoms with Crippen molar-refractivity contribution in [2.45, 2.75) is 18.6 Å². The number of hydrogen-bond acceptors (Lipinski definition) is 4. The van der Waals surface area contributed by atoms with Gasteiger partial charge in [0.2, 0.25) is 0 Å². The van der Waals surface area contributed by atoms with E-state index in [9.17, 15) is 22.8 Å². The number of carbonyl (C=O) groups excluding carboxylic acids is 2. The van der Waals surface area contributed by atoms with E-state index in [2.05, 4.69) is 10.3 Å². The first kappa shape index (κ1) is 20.3. The molecule has 1 amide bonds. The van der Waals surface area contributed by atoms with Gasteiger partial charge >= 0.3 is 12.1 Å². The molecule has 1 atom stereocenters. The Morgan fingerprint density at radius 3 is 2.41 bits per heavy atom. The van der Waals surface area contributed by atoms with Gasteiger partial charge in [0.1, 0.15) is 6.04 Å². The van der Waals surface area contributed by atoms with Crippen LogP contribution in [-0.4, -0.2) is 30.0 Å². The summed E-state index contributed by atoms with van der Waals surface area (Å²) in [7, 11) is 1.18. The second-order valence-electron chi connectivity index (χ2n) is 6.32. The van der Waals surface area contributed by atoms with Gasteiger partial charge in [-0.1, -0.05) is 30.3 Å². The number of methoxy groups -OCH3 is 1. The molecule has 0 fully saturated rings. The van der Waals surface area contributed by atoms with Gasteiger partial charge < -0.3 is 10.1 Å². The van der Waals surface area contributed by atoms with Gasteiger partial charge in [0.15, 0.2) is 0 Å². The number of benzene rings is 2.